The number of nitrogens with zero attached hydrogens (tertiary/aromatic N) is 3. The van der Waals surface area contributed by atoms with E-state index in [1.54, 1.807) is 9.80 Å². The van der Waals surface area contributed by atoms with Gasteiger partial charge >= 0.3 is 12.0 Å². The monoisotopic (exact) mass is 282 g/mol. The smallest absolute Gasteiger partial charge is 0.353 e. The third-order valence-corrected chi connectivity index (χ3v) is 3.74. The molecule has 0 radical (unpaired) electrons. The molecule has 2 unspecified atom stereocenters. The fraction of sp³-hybridized carbons (Fsp3) is 0.636. The van der Waals surface area contributed by atoms with E-state index in [1.807, 2.05) is 0 Å². The van der Waals surface area contributed by atoms with Crippen LogP contribution in [0.3, 0.4) is 0 Å². The van der Waals surface area contributed by atoms with Crippen LogP contribution >= 0.6 is 0 Å². The lowest BCUT2D eigenvalue weighted by Crippen LogP contribution is -2.55. The van der Waals surface area contributed by atoms with Crippen molar-refractivity contribution < 1.29 is 24.3 Å². The number of oxime groups is 1. The molecular weight excluding hydrogens is 268 g/mol. The zero-order chi connectivity index (χ0) is 14.3. The number of fused-ring (bicyclic) bond motifs is 1. The van der Waals surface area contributed by atoms with Gasteiger partial charge in [-0.1, -0.05) is 5.16 Å². The van der Waals surface area contributed by atoms with Crippen molar-refractivity contribution in [2.24, 2.45) is 5.16 Å². The number of carbonyl (C=O) groups excluding carboxylic acids is 2. The molecule has 20 heavy (non-hydrogen) atoms. The highest BCUT2D eigenvalue weighted by Crippen LogP contribution is 2.18. The molecule has 2 atom stereocenters. The molecule has 3 aliphatic rings. The van der Waals surface area contributed by atoms with E-state index in [2.05, 4.69) is 10.5 Å². The molecule has 3 aliphatic heterocycles. The summed E-state index contributed by atoms with van der Waals surface area (Å²) in [4.78, 5) is 42.7. The van der Waals surface area contributed by atoms with Gasteiger partial charge in [0.2, 0.25) is 6.10 Å². The number of carboxylic acids is 1. The minimum atomic E-state index is -1.17. The summed E-state index contributed by atoms with van der Waals surface area (Å²) in [6.45, 7) is 1.84. The van der Waals surface area contributed by atoms with E-state index in [4.69, 9.17) is 9.94 Å². The number of urea groups is 1. The Balaban J connectivity index is 1.60. The lowest BCUT2D eigenvalue weighted by atomic mass is 10.1. The first kappa shape index (κ1) is 12.7. The van der Waals surface area contributed by atoms with Crippen LogP contribution in [0.15, 0.2) is 5.16 Å². The molecule has 2 N–H and O–H groups in total. The molecule has 0 aromatic rings. The molecule has 9 nitrogen and oxygen atoms in total. The number of nitrogens with one attached hydrogen (secondary N) is 1. The number of amides is 3. The van der Waals surface area contributed by atoms with E-state index in [0.717, 1.165) is 0 Å². The standard InChI is InChI=1S/C11H14N4O5/c16-9(8-3-7(10(17)18)13-20-8)14-1-2-15-6(5-14)4-12-11(15)19/h6,8H,1-5H2,(H,12,19)(H,17,18). The van der Waals surface area contributed by atoms with E-state index in [0.29, 0.717) is 26.2 Å². The predicted molar refractivity (Wildman–Crippen MR) is 65.0 cm³/mol. The summed E-state index contributed by atoms with van der Waals surface area (Å²) in [5.74, 6) is -1.44. The molecule has 3 amide bonds. The van der Waals surface area contributed by atoms with Gasteiger partial charge < -0.3 is 25.1 Å². The van der Waals surface area contributed by atoms with Crippen LogP contribution in [0.5, 0.6) is 0 Å². The van der Waals surface area contributed by atoms with Crippen molar-refractivity contribution in [2.75, 3.05) is 26.2 Å². The summed E-state index contributed by atoms with van der Waals surface area (Å²) in [6.07, 6.45) is -0.881. The molecular formula is C11H14N4O5. The number of carboxylic acid groups (broad SMARTS) is 1. The maximum atomic E-state index is 12.2. The molecule has 2 fully saturated rings. The van der Waals surface area contributed by atoms with Crippen molar-refractivity contribution in [2.45, 2.75) is 18.6 Å². The Morgan fingerprint density at radius 1 is 1.40 bits per heavy atom. The van der Waals surface area contributed by atoms with Gasteiger partial charge in [-0.05, 0) is 0 Å². The van der Waals surface area contributed by atoms with Crippen molar-refractivity contribution in [1.82, 2.24) is 15.1 Å². The molecule has 0 bridgehead atoms. The number of hydrogen-bond acceptors (Lipinski definition) is 5. The van der Waals surface area contributed by atoms with Gasteiger partial charge in [-0.3, -0.25) is 4.79 Å². The largest absolute Gasteiger partial charge is 0.477 e. The zero-order valence-electron chi connectivity index (χ0n) is 10.6. The second kappa shape index (κ2) is 4.66. The van der Waals surface area contributed by atoms with Crippen molar-refractivity contribution in [3.05, 3.63) is 0 Å². The Morgan fingerprint density at radius 2 is 2.20 bits per heavy atom. The molecule has 108 valence electrons. The summed E-state index contributed by atoms with van der Waals surface area (Å²) in [6, 6.07) is -0.128. The van der Waals surface area contributed by atoms with Gasteiger partial charge in [0.15, 0.2) is 5.71 Å². The average Bonchev–Trinajstić information content (AvgIpc) is 3.05. The van der Waals surface area contributed by atoms with E-state index in [1.165, 1.54) is 0 Å². The van der Waals surface area contributed by atoms with Gasteiger partial charge in [-0.2, -0.15) is 0 Å². The molecule has 0 saturated carbocycles. The Bertz CT molecular complexity index is 505. The molecule has 2 saturated heterocycles. The van der Waals surface area contributed by atoms with Crippen LogP contribution in [0, 0.1) is 0 Å². The number of carbonyl (C=O) groups is 3. The van der Waals surface area contributed by atoms with Crippen LogP contribution in [0.2, 0.25) is 0 Å². The lowest BCUT2D eigenvalue weighted by Gasteiger charge is -2.37. The topological polar surface area (TPSA) is 112 Å². The summed E-state index contributed by atoms with van der Waals surface area (Å²) < 4.78 is 0. The minimum Gasteiger partial charge on any atom is -0.477 e. The first-order valence-corrected chi connectivity index (χ1v) is 6.35. The van der Waals surface area contributed by atoms with Gasteiger partial charge in [0.25, 0.3) is 5.91 Å². The average molecular weight is 282 g/mol. The van der Waals surface area contributed by atoms with Crippen molar-refractivity contribution >= 4 is 23.6 Å². The summed E-state index contributed by atoms with van der Waals surface area (Å²) in [5, 5.41) is 14.9. The van der Waals surface area contributed by atoms with E-state index < -0.39 is 12.1 Å². The van der Waals surface area contributed by atoms with Gasteiger partial charge in [-0.15, -0.1) is 0 Å². The van der Waals surface area contributed by atoms with Gasteiger partial charge in [0.1, 0.15) is 0 Å². The molecule has 0 aliphatic carbocycles. The SMILES string of the molecule is O=C(O)C1=NOC(C(=O)N2CCN3C(=O)NCC3C2)C1. The maximum absolute atomic E-state index is 12.2. The van der Waals surface area contributed by atoms with E-state index in [9.17, 15) is 14.4 Å². The molecule has 0 aromatic heterocycles. The highest BCUT2D eigenvalue weighted by atomic mass is 16.6. The minimum absolute atomic E-state index is 0.0176. The molecule has 3 heterocycles. The second-order valence-corrected chi connectivity index (χ2v) is 4.96. The fourth-order valence-electron chi connectivity index (χ4n) is 2.64. The first-order valence-electron chi connectivity index (χ1n) is 6.35. The van der Waals surface area contributed by atoms with Crippen molar-refractivity contribution in [3.63, 3.8) is 0 Å². The molecule has 0 spiro atoms. The Kier molecular flexibility index (Phi) is 2.96. The summed E-state index contributed by atoms with van der Waals surface area (Å²) in [7, 11) is 0. The third-order valence-electron chi connectivity index (χ3n) is 3.74. The van der Waals surface area contributed by atoms with Gasteiger partial charge in [0.05, 0.1) is 6.04 Å². The predicted octanol–water partition coefficient (Wildman–Crippen LogP) is -1.55. The van der Waals surface area contributed by atoms with Crippen LogP contribution in [-0.2, 0) is 14.4 Å². The fourth-order valence-corrected chi connectivity index (χ4v) is 2.64. The second-order valence-electron chi connectivity index (χ2n) is 4.96. The number of piperazine rings is 1. The van der Waals surface area contributed by atoms with Gasteiger partial charge in [0, 0.05) is 32.6 Å². The van der Waals surface area contributed by atoms with E-state index >= 15 is 0 Å². The lowest BCUT2D eigenvalue weighted by molar-refractivity contribution is -0.144. The number of aliphatic carboxylic acids is 1. The van der Waals surface area contributed by atoms with E-state index in [-0.39, 0.29) is 30.1 Å². The molecule has 0 aromatic carbocycles. The first-order chi connectivity index (χ1) is 9.56. The summed E-state index contributed by atoms with van der Waals surface area (Å²) >= 11 is 0. The highest BCUT2D eigenvalue weighted by molar-refractivity contribution is 6.36. The molecule has 9 heteroatoms. The normalized spacial score (nSPS) is 28.6. The number of hydrogen-bond donors (Lipinski definition) is 2. The van der Waals surface area contributed by atoms with Crippen molar-refractivity contribution in [3.8, 4) is 0 Å². The highest BCUT2D eigenvalue weighted by Gasteiger charge is 2.40. The maximum Gasteiger partial charge on any atom is 0.353 e. The van der Waals surface area contributed by atoms with Crippen LogP contribution in [-0.4, -0.2) is 76.9 Å². The Morgan fingerprint density at radius 3 is 2.90 bits per heavy atom. The third kappa shape index (κ3) is 2.04. The number of rotatable bonds is 2. The quantitative estimate of drug-likeness (QED) is 0.637. The van der Waals surface area contributed by atoms with Crippen LogP contribution in [0.1, 0.15) is 6.42 Å². The van der Waals surface area contributed by atoms with Gasteiger partial charge in [-0.25, -0.2) is 9.59 Å². The van der Waals surface area contributed by atoms with Crippen LogP contribution in [0.25, 0.3) is 0 Å². The van der Waals surface area contributed by atoms with Crippen LogP contribution < -0.4 is 5.32 Å². The Hall–Kier alpha value is -2.32. The Labute approximate surface area is 114 Å². The molecule has 3 rings (SSSR count). The van der Waals surface area contributed by atoms with Crippen LogP contribution in [0.4, 0.5) is 4.79 Å². The summed E-state index contributed by atoms with van der Waals surface area (Å²) in [5.41, 5.74) is -0.139. The zero-order valence-corrected chi connectivity index (χ0v) is 10.6. The van der Waals surface area contributed by atoms with Crippen molar-refractivity contribution in [1.29, 1.82) is 0 Å².